The Kier molecular flexibility index (Phi) is 9.10. The second-order valence-electron chi connectivity index (χ2n) is 10.6. The van der Waals surface area contributed by atoms with Gasteiger partial charge in [-0.25, -0.2) is 17.6 Å². The predicted octanol–water partition coefficient (Wildman–Crippen LogP) is 6.95. The summed E-state index contributed by atoms with van der Waals surface area (Å²) in [5, 5.41) is 10.3. The van der Waals surface area contributed by atoms with Crippen molar-refractivity contribution in [2.24, 2.45) is 5.41 Å². The number of carboxylic acids is 1. The molecule has 1 N–H and O–H groups in total. The summed E-state index contributed by atoms with van der Waals surface area (Å²) in [6.45, 7) is 3.66. The number of fused-ring (bicyclic) bond motifs is 1. The summed E-state index contributed by atoms with van der Waals surface area (Å²) in [4.78, 5) is 18.3. The molecular formula is C30H34F4N2O3. The molecule has 1 atom stereocenters. The number of benzene rings is 2. The van der Waals surface area contributed by atoms with Crippen LogP contribution in [0.3, 0.4) is 0 Å². The molecule has 9 heteroatoms. The van der Waals surface area contributed by atoms with E-state index in [1.165, 1.54) is 0 Å². The number of methoxy groups -OCH3 is 1. The Bertz CT molecular complexity index is 1330. The Balaban J connectivity index is 1.39. The molecule has 210 valence electrons. The van der Waals surface area contributed by atoms with Crippen molar-refractivity contribution in [3.05, 3.63) is 70.7 Å². The summed E-state index contributed by atoms with van der Waals surface area (Å²) in [7, 11) is 1.55. The summed E-state index contributed by atoms with van der Waals surface area (Å²) in [6.07, 6.45) is 2.85. The lowest BCUT2D eigenvalue weighted by atomic mass is 9.71. The second kappa shape index (κ2) is 12.3. The zero-order valence-electron chi connectivity index (χ0n) is 22.3. The zero-order chi connectivity index (χ0) is 28.2. The molecule has 0 amide bonds. The highest BCUT2D eigenvalue weighted by atomic mass is 19.2. The number of piperidine rings is 1. The predicted molar refractivity (Wildman–Crippen MR) is 141 cm³/mol. The van der Waals surface area contributed by atoms with Gasteiger partial charge in [0.25, 0.3) is 0 Å². The number of pyridine rings is 1. The molecule has 0 saturated carbocycles. The van der Waals surface area contributed by atoms with Crippen molar-refractivity contribution in [2.75, 3.05) is 26.7 Å². The highest BCUT2D eigenvalue weighted by Gasteiger charge is 2.37. The summed E-state index contributed by atoms with van der Waals surface area (Å²) >= 11 is 0. The summed E-state index contributed by atoms with van der Waals surface area (Å²) in [5.74, 6) is -3.31. The summed E-state index contributed by atoms with van der Waals surface area (Å²) in [6, 6.07) is 6.91. The Labute approximate surface area is 225 Å². The van der Waals surface area contributed by atoms with Crippen molar-refractivity contribution in [2.45, 2.75) is 58.0 Å². The lowest BCUT2D eigenvalue weighted by molar-refractivity contribution is -0.141. The molecule has 1 aliphatic rings. The van der Waals surface area contributed by atoms with Crippen LogP contribution in [0, 0.1) is 29.8 Å². The van der Waals surface area contributed by atoms with Crippen LogP contribution in [-0.4, -0.2) is 47.7 Å². The molecule has 5 nitrogen and oxygen atoms in total. The molecule has 0 aliphatic carbocycles. The van der Waals surface area contributed by atoms with Crippen molar-refractivity contribution in [1.29, 1.82) is 0 Å². The fourth-order valence-corrected chi connectivity index (χ4v) is 5.78. The quantitative estimate of drug-likeness (QED) is 0.208. The maximum Gasteiger partial charge on any atom is 0.303 e. The molecule has 4 rings (SSSR count). The van der Waals surface area contributed by atoms with Gasteiger partial charge in [0.2, 0.25) is 0 Å². The lowest BCUT2D eigenvalue weighted by Crippen LogP contribution is -2.41. The zero-order valence-corrected chi connectivity index (χ0v) is 22.3. The first-order valence-electron chi connectivity index (χ1n) is 13.3. The van der Waals surface area contributed by atoms with Crippen LogP contribution in [-0.2, 0) is 11.2 Å². The van der Waals surface area contributed by atoms with E-state index in [9.17, 15) is 23.1 Å². The SMILES string of the molecule is COc1ccc2ncc(C)c([C@@H](F)CCC3(CC(=O)O)CCN(CCCc4cc(F)cc(F)c4F)CC3)c2c1. The number of likely N-dealkylation sites (tertiary alicyclic amines) is 1. The van der Waals surface area contributed by atoms with Gasteiger partial charge >= 0.3 is 5.97 Å². The number of carboxylic acid groups (broad SMARTS) is 1. The minimum absolute atomic E-state index is 0.00951. The van der Waals surface area contributed by atoms with Gasteiger partial charge in [-0.05, 0) is 111 Å². The molecule has 2 heterocycles. The van der Waals surface area contributed by atoms with Crippen molar-refractivity contribution >= 4 is 16.9 Å². The van der Waals surface area contributed by atoms with Gasteiger partial charge in [-0.3, -0.25) is 9.78 Å². The normalized spacial score (nSPS) is 16.4. The first-order chi connectivity index (χ1) is 18.6. The van der Waals surface area contributed by atoms with Gasteiger partial charge in [0.1, 0.15) is 17.7 Å². The lowest BCUT2D eigenvalue weighted by Gasteiger charge is -2.41. The first kappa shape index (κ1) is 28.8. The number of alkyl halides is 1. The molecule has 1 fully saturated rings. The van der Waals surface area contributed by atoms with Crippen molar-refractivity contribution in [3.63, 3.8) is 0 Å². The van der Waals surface area contributed by atoms with Gasteiger partial charge in [0.15, 0.2) is 11.6 Å². The topological polar surface area (TPSA) is 62.7 Å². The molecule has 1 aromatic heterocycles. The number of aryl methyl sites for hydroxylation is 2. The number of rotatable bonds is 11. The smallest absolute Gasteiger partial charge is 0.303 e. The van der Waals surface area contributed by atoms with Gasteiger partial charge in [-0.15, -0.1) is 0 Å². The maximum absolute atomic E-state index is 15.8. The van der Waals surface area contributed by atoms with E-state index < -0.39 is 35.0 Å². The molecule has 0 spiro atoms. The average molecular weight is 547 g/mol. The number of aromatic nitrogens is 1. The van der Waals surface area contributed by atoms with Crippen LogP contribution in [0.5, 0.6) is 5.75 Å². The fourth-order valence-electron chi connectivity index (χ4n) is 5.78. The third-order valence-corrected chi connectivity index (χ3v) is 7.99. The van der Waals surface area contributed by atoms with E-state index in [0.29, 0.717) is 73.6 Å². The van der Waals surface area contributed by atoms with E-state index in [2.05, 4.69) is 9.88 Å². The van der Waals surface area contributed by atoms with E-state index in [-0.39, 0.29) is 24.8 Å². The number of carbonyl (C=O) groups is 1. The van der Waals surface area contributed by atoms with Crippen molar-refractivity contribution in [3.8, 4) is 5.75 Å². The number of ether oxygens (including phenoxy) is 1. The minimum atomic E-state index is -1.28. The molecule has 0 radical (unpaired) electrons. The van der Waals surface area contributed by atoms with Crippen molar-refractivity contribution < 1.29 is 32.2 Å². The molecule has 1 saturated heterocycles. The minimum Gasteiger partial charge on any atom is -0.497 e. The highest BCUT2D eigenvalue weighted by molar-refractivity contribution is 5.85. The van der Waals surface area contributed by atoms with Crippen LogP contribution >= 0.6 is 0 Å². The van der Waals surface area contributed by atoms with E-state index in [1.807, 2.05) is 6.92 Å². The molecular weight excluding hydrogens is 512 g/mol. The van der Waals surface area contributed by atoms with Crippen molar-refractivity contribution in [1.82, 2.24) is 9.88 Å². The van der Waals surface area contributed by atoms with Crippen LogP contribution in [0.2, 0.25) is 0 Å². The van der Waals surface area contributed by atoms with Gasteiger partial charge in [0.05, 0.1) is 19.0 Å². The van der Waals surface area contributed by atoms with Crippen LogP contribution in [0.25, 0.3) is 10.9 Å². The fraction of sp³-hybridized carbons (Fsp3) is 0.467. The van der Waals surface area contributed by atoms with Gasteiger partial charge < -0.3 is 14.7 Å². The number of hydrogen-bond acceptors (Lipinski definition) is 4. The average Bonchev–Trinajstić information content (AvgIpc) is 2.90. The molecule has 0 bridgehead atoms. The molecule has 2 aromatic carbocycles. The number of nitrogens with zero attached hydrogens (tertiary/aromatic N) is 2. The molecule has 3 aromatic rings. The van der Waals surface area contributed by atoms with Crippen LogP contribution in [0.1, 0.15) is 61.4 Å². The van der Waals surface area contributed by atoms with E-state index in [1.54, 1.807) is 31.5 Å². The summed E-state index contributed by atoms with van der Waals surface area (Å²) in [5.41, 5.74) is 1.45. The standard InChI is InChI=1S/C30H34F4N2O3/c1-19-18-35-26-6-5-22(39-2)16-23(26)28(19)24(32)7-8-30(17-27(37)38)9-12-36(13-10-30)11-3-4-20-14-21(31)15-25(33)29(20)34/h5-6,14-16,18,24H,3-4,7-13,17H2,1-2H3,(H,37,38)/t24-/m0/s1. The Morgan fingerprint density at radius 3 is 2.62 bits per heavy atom. The van der Waals surface area contributed by atoms with Crippen LogP contribution in [0.4, 0.5) is 17.6 Å². The van der Waals surface area contributed by atoms with Crippen LogP contribution in [0.15, 0.2) is 36.5 Å². The first-order valence-corrected chi connectivity index (χ1v) is 13.3. The van der Waals surface area contributed by atoms with Gasteiger partial charge in [-0.1, -0.05) is 0 Å². The second-order valence-corrected chi connectivity index (χ2v) is 10.6. The van der Waals surface area contributed by atoms with E-state index in [0.717, 1.165) is 11.6 Å². The number of halogens is 4. The summed E-state index contributed by atoms with van der Waals surface area (Å²) < 4.78 is 62.0. The third kappa shape index (κ3) is 6.87. The maximum atomic E-state index is 15.8. The molecule has 0 unspecified atom stereocenters. The molecule has 39 heavy (non-hydrogen) atoms. The largest absolute Gasteiger partial charge is 0.497 e. The van der Waals surface area contributed by atoms with Crippen LogP contribution < -0.4 is 4.74 Å². The Hall–Kier alpha value is -3.20. The van der Waals surface area contributed by atoms with E-state index in [4.69, 9.17) is 4.74 Å². The van der Waals surface area contributed by atoms with Gasteiger partial charge in [0, 0.05) is 17.6 Å². The monoisotopic (exact) mass is 546 g/mol. The number of hydrogen-bond donors (Lipinski definition) is 1. The molecule has 1 aliphatic heterocycles. The Morgan fingerprint density at radius 2 is 1.92 bits per heavy atom. The number of aliphatic carboxylic acids is 1. The van der Waals surface area contributed by atoms with E-state index >= 15 is 4.39 Å². The van der Waals surface area contributed by atoms with Gasteiger partial charge in [-0.2, -0.15) is 0 Å². The third-order valence-electron chi connectivity index (χ3n) is 7.99. The highest BCUT2D eigenvalue weighted by Crippen LogP contribution is 2.43. The Morgan fingerprint density at radius 1 is 1.18 bits per heavy atom.